The number of nitrogens with one attached hydrogen (secondary N) is 1. The van der Waals surface area contributed by atoms with E-state index >= 15 is 0 Å². The van der Waals surface area contributed by atoms with E-state index in [2.05, 4.69) is 5.32 Å². The number of furan rings is 1. The Kier molecular flexibility index (Phi) is 4.30. The van der Waals surface area contributed by atoms with Crippen molar-refractivity contribution >= 4 is 34.8 Å². The molecular weight excluding hydrogens is 318 g/mol. The summed E-state index contributed by atoms with van der Waals surface area (Å²) in [4.78, 5) is 36.8. The Labute approximate surface area is 137 Å². The van der Waals surface area contributed by atoms with Crippen LogP contribution in [0.3, 0.4) is 0 Å². The van der Waals surface area contributed by atoms with Crippen LogP contribution >= 0.6 is 11.6 Å². The highest BCUT2D eigenvalue weighted by Gasteiger charge is 2.41. The van der Waals surface area contributed by atoms with Crippen molar-refractivity contribution in [3.63, 3.8) is 0 Å². The molecule has 2 aromatic rings. The Bertz CT molecular complexity index is 736. The van der Waals surface area contributed by atoms with Gasteiger partial charge in [-0.15, -0.1) is 0 Å². The molecule has 23 heavy (non-hydrogen) atoms. The first kappa shape index (κ1) is 15.5. The molecule has 5 nitrogen and oxygen atoms in total. The molecule has 1 fully saturated rings. The van der Waals surface area contributed by atoms with E-state index in [0.717, 1.165) is 0 Å². The zero-order valence-electron chi connectivity index (χ0n) is 12.1. The minimum absolute atomic E-state index is 0.111. The molecule has 0 unspecified atom stereocenters. The Balaban J connectivity index is 1.73. The van der Waals surface area contributed by atoms with Crippen molar-refractivity contribution in [1.29, 1.82) is 0 Å². The summed E-state index contributed by atoms with van der Waals surface area (Å²) < 4.78 is 5.25. The van der Waals surface area contributed by atoms with Crippen LogP contribution in [0.4, 0.5) is 5.69 Å². The Morgan fingerprint density at radius 2 is 1.78 bits per heavy atom. The van der Waals surface area contributed by atoms with Gasteiger partial charge >= 0.3 is 0 Å². The minimum atomic E-state index is -1.28. The molecule has 1 aromatic heterocycles. The summed E-state index contributed by atoms with van der Waals surface area (Å²) in [5.74, 6) is -2.41. The number of hydrogen-bond donors (Lipinski definition) is 1. The zero-order chi connectivity index (χ0) is 16.4. The Hall–Kier alpha value is -2.40. The predicted octanol–water partition coefficient (Wildman–Crippen LogP) is 3.20. The van der Waals surface area contributed by atoms with E-state index in [1.54, 1.807) is 36.4 Å². The average Bonchev–Trinajstić information content (AvgIpc) is 3.03. The van der Waals surface area contributed by atoms with Crippen molar-refractivity contribution in [2.24, 2.45) is 5.92 Å². The van der Waals surface area contributed by atoms with Crippen LogP contribution in [0.25, 0.3) is 0 Å². The molecular formula is C17H14ClNO4. The number of amides is 1. The quantitative estimate of drug-likeness (QED) is 0.876. The number of carbonyl (C=O) groups excluding carboxylic acids is 3. The fourth-order valence-electron chi connectivity index (χ4n) is 2.76. The first-order valence-corrected chi connectivity index (χ1v) is 7.58. The van der Waals surface area contributed by atoms with Crippen molar-refractivity contribution in [1.82, 2.24) is 0 Å². The van der Waals surface area contributed by atoms with Crippen LogP contribution in [0, 0.1) is 5.92 Å². The standard InChI is InChI=1S/C17H14ClNO4/c18-11-4-1-2-5-12(11)19-17(22)16-13(20)8-10(9-14(16)21)15-6-3-7-23-15/h1-7,10,16H,8-9H2,(H,19,22). The van der Waals surface area contributed by atoms with E-state index in [1.165, 1.54) is 6.26 Å². The number of ketones is 2. The molecule has 1 N–H and O–H groups in total. The van der Waals surface area contributed by atoms with E-state index < -0.39 is 23.4 Å². The second kappa shape index (κ2) is 6.38. The van der Waals surface area contributed by atoms with Gasteiger partial charge in [0.25, 0.3) is 0 Å². The lowest BCUT2D eigenvalue weighted by Crippen LogP contribution is -2.40. The highest BCUT2D eigenvalue weighted by molar-refractivity contribution is 6.34. The summed E-state index contributed by atoms with van der Waals surface area (Å²) in [5, 5.41) is 2.91. The molecule has 6 heteroatoms. The van der Waals surface area contributed by atoms with Gasteiger partial charge < -0.3 is 9.73 Å². The molecule has 0 atom stereocenters. The Morgan fingerprint density at radius 3 is 2.39 bits per heavy atom. The van der Waals surface area contributed by atoms with E-state index in [0.29, 0.717) is 16.5 Å². The largest absolute Gasteiger partial charge is 0.469 e. The van der Waals surface area contributed by atoms with Gasteiger partial charge in [0.05, 0.1) is 17.0 Å². The molecule has 1 aromatic carbocycles. The van der Waals surface area contributed by atoms with Crippen molar-refractivity contribution < 1.29 is 18.8 Å². The first-order valence-electron chi connectivity index (χ1n) is 7.20. The fraction of sp³-hybridized carbons (Fsp3) is 0.235. The number of carbonyl (C=O) groups is 3. The van der Waals surface area contributed by atoms with Crippen LogP contribution < -0.4 is 5.32 Å². The summed E-state index contributed by atoms with van der Waals surface area (Å²) in [7, 11) is 0. The normalized spacial score (nSPS) is 21.3. The monoisotopic (exact) mass is 331 g/mol. The van der Waals surface area contributed by atoms with Gasteiger partial charge in [-0.25, -0.2) is 0 Å². The molecule has 1 amide bonds. The number of halogens is 1. The lowest BCUT2D eigenvalue weighted by molar-refractivity contribution is -0.141. The topological polar surface area (TPSA) is 76.4 Å². The molecule has 3 rings (SSSR count). The first-order chi connectivity index (χ1) is 11.1. The molecule has 118 valence electrons. The van der Waals surface area contributed by atoms with Gasteiger partial charge in [0.1, 0.15) is 5.76 Å². The van der Waals surface area contributed by atoms with E-state index in [1.807, 2.05) is 0 Å². The van der Waals surface area contributed by atoms with Crippen LogP contribution in [0.15, 0.2) is 47.1 Å². The van der Waals surface area contributed by atoms with Gasteiger partial charge in [-0.1, -0.05) is 23.7 Å². The molecule has 0 radical (unpaired) electrons. The summed E-state index contributed by atoms with van der Waals surface area (Å²) in [6.07, 6.45) is 1.72. The van der Waals surface area contributed by atoms with Crippen LogP contribution in [-0.2, 0) is 14.4 Å². The average molecular weight is 332 g/mol. The number of para-hydroxylation sites is 1. The van der Waals surface area contributed by atoms with E-state index in [-0.39, 0.29) is 18.8 Å². The summed E-state index contributed by atoms with van der Waals surface area (Å²) >= 11 is 5.97. The maximum atomic E-state index is 12.3. The summed E-state index contributed by atoms with van der Waals surface area (Å²) in [6.45, 7) is 0. The minimum Gasteiger partial charge on any atom is -0.469 e. The van der Waals surface area contributed by atoms with Crippen LogP contribution in [0.1, 0.15) is 24.5 Å². The highest BCUT2D eigenvalue weighted by Crippen LogP contribution is 2.33. The van der Waals surface area contributed by atoms with Gasteiger partial charge in [0.2, 0.25) is 5.91 Å². The maximum Gasteiger partial charge on any atom is 0.242 e. The molecule has 1 heterocycles. The van der Waals surface area contributed by atoms with Gasteiger partial charge in [0, 0.05) is 18.8 Å². The Morgan fingerprint density at radius 1 is 1.09 bits per heavy atom. The van der Waals surface area contributed by atoms with Crippen LogP contribution in [0.5, 0.6) is 0 Å². The smallest absolute Gasteiger partial charge is 0.242 e. The van der Waals surface area contributed by atoms with Gasteiger partial charge in [-0.3, -0.25) is 14.4 Å². The number of hydrogen-bond acceptors (Lipinski definition) is 4. The lowest BCUT2D eigenvalue weighted by atomic mass is 9.78. The van der Waals surface area contributed by atoms with Crippen molar-refractivity contribution in [3.8, 4) is 0 Å². The molecule has 0 spiro atoms. The van der Waals surface area contributed by atoms with Gasteiger partial charge in [0.15, 0.2) is 17.5 Å². The molecule has 0 saturated heterocycles. The number of rotatable bonds is 3. The predicted molar refractivity (Wildman–Crippen MR) is 84.3 cm³/mol. The molecule has 0 aliphatic heterocycles. The zero-order valence-corrected chi connectivity index (χ0v) is 12.9. The van der Waals surface area contributed by atoms with E-state index in [4.69, 9.17) is 16.0 Å². The molecule has 1 aliphatic carbocycles. The molecule has 0 bridgehead atoms. The third kappa shape index (κ3) is 3.19. The molecule has 1 aliphatic rings. The van der Waals surface area contributed by atoms with Gasteiger partial charge in [-0.2, -0.15) is 0 Å². The maximum absolute atomic E-state index is 12.3. The van der Waals surface area contributed by atoms with Gasteiger partial charge in [-0.05, 0) is 24.3 Å². The van der Waals surface area contributed by atoms with Crippen molar-refractivity contribution in [3.05, 3.63) is 53.4 Å². The number of benzene rings is 1. The lowest BCUT2D eigenvalue weighted by Gasteiger charge is -2.24. The van der Waals surface area contributed by atoms with Crippen molar-refractivity contribution in [2.75, 3.05) is 5.32 Å². The second-order valence-corrected chi connectivity index (χ2v) is 5.86. The fourth-order valence-corrected chi connectivity index (χ4v) is 2.94. The molecule has 1 saturated carbocycles. The third-order valence-electron chi connectivity index (χ3n) is 3.88. The SMILES string of the molecule is O=C1CC(c2ccco2)CC(=O)C1C(=O)Nc1ccccc1Cl. The number of anilines is 1. The van der Waals surface area contributed by atoms with Crippen LogP contribution in [0.2, 0.25) is 5.02 Å². The third-order valence-corrected chi connectivity index (χ3v) is 4.21. The van der Waals surface area contributed by atoms with Crippen molar-refractivity contribution in [2.45, 2.75) is 18.8 Å². The van der Waals surface area contributed by atoms with Crippen LogP contribution in [-0.4, -0.2) is 17.5 Å². The highest BCUT2D eigenvalue weighted by atomic mass is 35.5. The second-order valence-electron chi connectivity index (χ2n) is 5.46. The summed E-state index contributed by atoms with van der Waals surface area (Å²) in [5.41, 5.74) is 0.382. The summed E-state index contributed by atoms with van der Waals surface area (Å²) in [6, 6.07) is 10.1. The van der Waals surface area contributed by atoms with E-state index in [9.17, 15) is 14.4 Å². The number of Topliss-reactive ketones (excluding diaryl/α,β-unsaturated/α-hetero) is 2.